The van der Waals surface area contributed by atoms with E-state index >= 15 is 0 Å². The number of hydrogen-bond donors (Lipinski definition) is 2. The topological polar surface area (TPSA) is 50.4 Å². The van der Waals surface area contributed by atoms with Gasteiger partial charge in [-0.25, -0.2) is 0 Å². The molecule has 0 fully saturated rings. The van der Waals surface area contributed by atoms with Crippen molar-refractivity contribution < 1.29 is 9.53 Å². The SMILES string of the molecule is COc1ccc(CNC(=O)CN[C@@H](C)c2ccc(-c3ccccc3)cc2)cc1. The lowest BCUT2D eigenvalue weighted by molar-refractivity contribution is -0.120. The number of ether oxygens (including phenoxy) is 1. The summed E-state index contributed by atoms with van der Waals surface area (Å²) in [6.07, 6.45) is 0. The van der Waals surface area contributed by atoms with Crippen LogP contribution in [0.1, 0.15) is 24.1 Å². The van der Waals surface area contributed by atoms with Crippen LogP contribution in [-0.2, 0) is 11.3 Å². The van der Waals surface area contributed by atoms with Crippen LogP contribution < -0.4 is 15.4 Å². The molecule has 0 heterocycles. The van der Waals surface area contributed by atoms with Gasteiger partial charge in [0.15, 0.2) is 0 Å². The molecule has 2 N–H and O–H groups in total. The number of amides is 1. The summed E-state index contributed by atoms with van der Waals surface area (Å²) in [7, 11) is 1.64. The number of benzene rings is 3. The molecular weight excluding hydrogens is 348 g/mol. The van der Waals surface area contributed by atoms with Gasteiger partial charge in [0.1, 0.15) is 5.75 Å². The van der Waals surface area contributed by atoms with Crippen LogP contribution in [0.25, 0.3) is 11.1 Å². The average molecular weight is 374 g/mol. The van der Waals surface area contributed by atoms with Crippen molar-refractivity contribution in [2.45, 2.75) is 19.5 Å². The number of methoxy groups -OCH3 is 1. The summed E-state index contributed by atoms with van der Waals surface area (Å²) in [6.45, 7) is 2.84. The van der Waals surface area contributed by atoms with Crippen LogP contribution in [0.5, 0.6) is 5.75 Å². The van der Waals surface area contributed by atoms with Crippen molar-refractivity contribution in [3.05, 3.63) is 90.0 Å². The molecule has 3 aromatic rings. The molecule has 4 heteroatoms. The van der Waals surface area contributed by atoms with Crippen LogP contribution in [0.2, 0.25) is 0 Å². The van der Waals surface area contributed by atoms with Crippen LogP contribution in [0.4, 0.5) is 0 Å². The van der Waals surface area contributed by atoms with Gasteiger partial charge in [-0.05, 0) is 41.3 Å². The average Bonchev–Trinajstić information content (AvgIpc) is 2.77. The summed E-state index contributed by atoms with van der Waals surface area (Å²) in [6, 6.07) is 26.5. The number of carbonyl (C=O) groups is 1. The summed E-state index contributed by atoms with van der Waals surface area (Å²) in [5.74, 6) is 0.785. The van der Waals surface area contributed by atoms with E-state index in [1.807, 2.05) is 42.5 Å². The third kappa shape index (κ3) is 5.44. The maximum Gasteiger partial charge on any atom is 0.234 e. The second kappa shape index (κ2) is 9.72. The van der Waals surface area contributed by atoms with Gasteiger partial charge in [-0.2, -0.15) is 0 Å². The summed E-state index contributed by atoms with van der Waals surface area (Å²) < 4.78 is 5.14. The lowest BCUT2D eigenvalue weighted by atomic mass is 10.0. The highest BCUT2D eigenvalue weighted by molar-refractivity contribution is 5.78. The van der Waals surface area contributed by atoms with Crippen LogP contribution in [0.3, 0.4) is 0 Å². The Morgan fingerprint density at radius 3 is 2.18 bits per heavy atom. The summed E-state index contributed by atoms with van der Waals surface area (Å²) in [4.78, 5) is 12.1. The van der Waals surface area contributed by atoms with Gasteiger partial charge in [0.25, 0.3) is 0 Å². The van der Waals surface area contributed by atoms with Crippen molar-refractivity contribution in [3.8, 4) is 16.9 Å². The van der Waals surface area contributed by atoms with Crippen LogP contribution in [0, 0.1) is 0 Å². The van der Waals surface area contributed by atoms with E-state index in [1.165, 1.54) is 11.1 Å². The highest BCUT2D eigenvalue weighted by Gasteiger charge is 2.08. The highest BCUT2D eigenvalue weighted by atomic mass is 16.5. The van der Waals surface area contributed by atoms with E-state index in [4.69, 9.17) is 4.74 Å². The minimum Gasteiger partial charge on any atom is -0.497 e. The van der Waals surface area contributed by atoms with Gasteiger partial charge in [0.05, 0.1) is 13.7 Å². The molecule has 0 spiro atoms. The molecular formula is C24H26N2O2. The molecule has 1 amide bonds. The van der Waals surface area contributed by atoms with E-state index in [0.717, 1.165) is 16.9 Å². The van der Waals surface area contributed by atoms with Crippen molar-refractivity contribution in [3.63, 3.8) is 0 Å². The Bertz CT molecular complexity index is 875. The lowest BCUT2D eigenvalue weighted by Gasteiger charge is -2.15. The molecule has 0 aliphatic heterocycles. The Morgan fingerprint density at radius 1 is 0.893 bits per heavy atom. The van der Waals surface area contributed by atoms with Gasteiger partial charge in [-0.15, -0.1) is 0 Å². The van der Waals surface area contributed by atoms with E-state index in [9.17, 15) is 4.79 Å². The Hall–Kier alpha value is -3.11. The largest absolute Gasteiger partial charge is 0.497 e. The third-order valence-electron chi connectivity index (χ3n) is 4.74. The maximum atomic E-state index is 12.1. The molecule has 28 heavy (non-hydrogen) atoms. The van der Waals surface area contributed by atoms with E-state index in [-0.39, 0.29) is 18.5 Å². The summed E-state index contributed by atoms with van der Waals surface area (Å²) >= 11 is 0. The van der Waals surface area contributed by atoms with Crippen molar-refractivity contribution in [1.29, 1.82) is 0 Å². The Kier molecular flexibility index (Phi) is 6.82. The fourth-order valence-electron chi connectivity index (χ4n) is 2.97. The highest BCUT2D eigenvalue weighted by Crippen LogP contribution is 2.21. The summed E-state index contributed by atoms with van der Waals surface area (Å²) in [5, 5.41) is 6.21. The van der Waals surface area contributed by atoms with Crippen molar-refractivity contribution >= 4 is 5.91 Å². The van der Waals surface area contributed by atoms with E-state index < -0.39 is 0 Å². The number of rotatable bonds is 8. The Morgan fingerprint density at radius 2 is 1.54 bits per heavy atom. The molecule has 0 unspecified atom stereocenters. The van der Waals surface area contributed by atoms with Crippen molar-refractivity contribution in [2.75, 3.05) is 13.7 Å². The zero-order valence-electron chi connectivity index (χ0n) is 16.3. The Labute approximate surface area is 166 Å². The van der Waals surface area contributed by atoms with Crippen LogP contribution in [0.15, 0.2) is 78.9 Å². The molecule has 0 aliphatic carbocycles. The predicted octanol–water partition coefficient (Wildman–Crippen LogP) is 4.33. The maximum absolute atomic E-state index is 12.1. The molecule has 0 radical (unpaired) electrons. The minimum absolute atomic E-state index is 0.0245. The van der Waals surface area contributed by atoms with E-state index in [0.29, 0.717) is 6.54 Å². The standard InChI is InChI=1S/C24H26N2O2/c1-18(20-10-12-22(13-11-20)21-6-4-3-5-7-21)25-17-24(27)26-16-19-8-14-23(28-2)15-9-19/h3-15,18,25H,16-17H2,1-2H3,(H,26,27)/t18-/m0/s1. The second-order valence-corrected chi connectivity index (χ2v) is 6.72. The molecule has 0 aliphatic rings. The first-order valence-corrected chi connectivity index (χ1v) is 9.44. The molecule has 4 nitrogen and oxygen atoms in total. The molecule has 0 aromatic heterocycles. The molecule has 1 atom stereocenters. The molecule has 0 saturated carbocycles. The van der Waals surface area contributed by atoms with Crippen molar-refractivity contribution in [1.82, 2.24) is 10.6 Å². The van der Waals surface area contributed by atoms with E-state index in [1.54, 1.807) is 7.11 Å². The lowest BCUT2D eigenvalue weighted by Crippen LogP contribution is -2.34. The van der Waals surface area contributed by atoms with Gasteiger partial charge >= 0.3 is 0 Å². The van der Waals surface area contributed by atoms with Crippen LogP contribution >= 0.6 is 0 Å². The van der Waals surface area contributed by atoms with Gasteiger partial charge in [-0.3, -0.25) is 4.79 Å². The zero-order valence-corrected chi connectivity index (χ0v) is 16.3. The smallest absolute Gasteiger partial charge is 0.234 e. The molecule has 144 valence electrons. The molecule has 0 saturated heterocycles. The number of nitrogens with one attached hydrogen (secondary N) is 2. The number of hydrogen-bond acceptors (Lipinski definition) is 3. The fraction of sp³-hybridized carbons (Fsp3) is 0.208. The predicted molar refractivity (Wildman–Crippen MR) is 113 cm³/mol. The zero-order chi connectivity index (χ0) is 19.8. The molecule has 0 bridgehead atoms. The fourth-order valence-corrected chi connectivity index (χ4v) is 2.97. The first kappa shape index (κ1) is 19.6. The van der Waals surface area contributed by atoms with Crippen molar-refractivity contribution in [2.24, 2.45) is 0 Å². The molecule has 3 rings (SSSR count). The second-order valence-electron chi connectivity index (χ2n) is 6.72. The first-order valence-electron chi connectivity index (χ1n) is 9.44. The van der Waals surface area contributed by atoms with Crippen LogP contribution in [-0.4, -0.2) is 19.6 Å². The summed E-state index contributed by atoms with van der Waals surface area (Å²) in [5.41, 5.74) is 4.59. The van der Waals surface area contributed by atoms with Gasteiger partial charge in [0.2, 0.25) is 5.91 Å². The Balaban J connectivity index is 1.46. The normalized spacial score (nSPS) is 11.6. The quantitative estimate of drug-likeness (QED) is 0.617. The van der Waals surface area contributed by atoms with Gasteiger partial charge in [-0.1, -0.05) is 66.7 Å². The first-order chi connectivity index (χ1) is 13.7. The monoisotopic (exact) mass is 374 g/mol. The third-order valence-corrected chi connectivity index (χ3v) is 4.74. The van der Waals surface area contributed by atoms with Gasteiger partial charge < -0.3 is 15.4 Å². The van der Waals surface area contributed by atoms with E-state index in [2.05, 4.69) is 54.0 Å². The van der Waals surface area contributed by atoms with Gasteiger partial charge in [0, 0.05) is 12.6 Å². The number of carbonyl (C=O) groups excluding carboxylic acids is 1. The minimum atomic E-state index is -0.0245. The molecule has 3 aromatic carbocycles.